The molecule has 1 amide bonds. The second kappa shape index (κ2) is 10.9. The van der Waals surface area contributed by atoms with E-state index in [1.165, 1.54) is 35.0 Å². The van der Waals surface area contributed by atoms with Gasteiger partial charge >= 0.3 is 0 Å². The molecule has 0 spiro atoms. The van der Waals surface area contributed by atoms with Crippen molar-refractivity contribution in [3.63, 3.8) is 0 Å². The zero-order chi connectivity index (χ0) is 22.4. The first-order chi connectivity index (χ1) is 14.7. The number of carbonyl (C=O) groups is 1. The van der Waals surface area contributed by atoms with Crippen molar-refractivity contribution in [1.82, 2.24) is 14.5 Å². The number of hydrogen-bond donors (Lipinski definition) is 1. The fourth-order valence-electron chi connectivity index (χ4n) is 4.91. The Kier molecular flexibility index (Phi) is 8.47. The number of likely N-dealkylation sites (tertiary alicyclic amines) is 1. The van der Waals surface area contributed by atoms with Gasteiger partial charge in [0.25, 0.3) is 0 Å². The van der Waals surface area contributed by atoms with Gasteiger partial charge in [-0.1, -0.05) is 26.0 Å². The van der Waals surface area contributed by atoms with Crippen molar-refractivity contribution < 1.29 is 17.6 Å². The minimum Gasteiger partial charge on any atom is -0.356 e. The fraction of sp³-hybridized carbons (Fsp3) is 0.696. The second-order valence-corrected chi connectivity index (χ2v) is 11.4. The Hall–Kier alpha value is -1.51. The Morgan fingerprint density at radius 1 is 1.10 bits per heavy atom. The number of nitrogens with zero attached hydrogens (tertiary/aromatic N) is 2. The maximum absolute atomic E-state index is 13.0. The van der Waals surface area contributed by atoms with E-state index < -0.39 is 10.0 Å². The Morgan fingerprint density at radius 2 is 1.71 bits per heavy atom. The molecule has 0 unspecified atom stereocenters. The first-order valence-corrected chi connectivity index (χ1v) is 13.1. The predicted molar refractivity (Wildman–Crippen MR) is 120 cm³/mol. The van der Waals surface area contributed by atoms with Crippen molar-refractivity contribution in [2.75, 3.05) is 39.3 Å². The first kappa shape index (κ1) is 24.1. The van der Waals surface area contributed by atoms with Gasteiger partial charge in [0.2, 0.25) is 15.9 Å². The number of sulfonamides is 1. The number of piperidine rings is 2. The maximum atomic E-state index is 13.0. The van der Waals surface area contributed by atoms with Crippen LogP contribution in [0.3, 0.4) is 0 Å². The zero-order valence-electron chi connectivity index (χ0n) is 18.7. The van der Waals surface area contributed by atoms with Gasteiger partial charge in [0.15, 0.2) is 0 Å². The summed E-state index contributed by atoms with van der Waals surface area (Å²) in [6.45, 7) is 9.27. The van der Waals surface area contributed by atoms with Crippen molar-refractivity contribution in [3.8, 4) is 0 Å². The number of benzene rings is 1. The summed E-state index contributed by atoms with van der Waals surface area (Å²) in [7, 11) is -3.47. The molecule has 3 rings (SSSR count). The lowest BCUT2D eigenvalue weighted by Crippen LogP contribution is -2.44. The molecule has 0 bridgehead atoms. The van der Waals surface area contributed by atoms with E-state index in [2.05, 4.69) is 24.1 Å². The molecule has 174 valence electrons. The molecule has 8 heteroatoms. The van der Waals surface area contributed by atoms with Crippen LogP contribution in [0.15, 0.2) is 24.3 Å². The molecule has 2 fully saturated rings. The van der Waals surface area contributed by atoms with Crippen molar-refractivity contribution >= 4 is 15.9 Å². The lowest BCUT2D eigenvalue weighted by Gasteiger charge is -2.35. The molecule has 2 atom stereocenters. The molecule has 1 aromatic carbocycles. The Morgan fingerprint density at radius 3 is 2.32 bits per heavy atom. The van der Waals surface area contributed by atoms with Gasteiger partial charge < -0.3 is 10.2 Å². The number of carbonyl (C=O) groups excluding carboxylic acids is 1. The minimum absolute atomic E-state index is 0.0379. The van der Waals surface area contributed by atoms with Crippen molar-refractivity contribution in [2.45, 2.75) is 45.3 Å². The van der Waals surface area contributed by atoms with Gasteiger partial charge in [-0.2, -0.15) is 0 Å². The van der Waals surface area contributed by atoms with E-state index >= 15 is 0 Å². The maximum Gasteiger partial charge on any atom is 0.223 e. The largest absolute Gasteiger partial charge is 0.356 e. The Balaban J connectivity index is 1.36. The molecule has 1 aromatic rings. The van der Waals surface area contributed by atoms with Gasteiger partial charge in [-0.15, -0.1) is 0 Å². The third-order valence-corrected chi connectivity index (χ3v) is 8.23. The summed E-state index contributed by atoms with van der Waals surface area (Å²) in [5.41, 5.74) is 0.568. The van der Waals surface area contributed by atoms with Crippen molar-refractivity contribution in [2.24, 2.45) is 17.8 Å². The molecule has 2 aliphatic rings. The zero-order valence-corrected chi connectivity index (χ0v) is 19.5. The number of amides is 1. The van der Waals surface area contributed by atoms with E-state index in [-0.39, 0.29) is 23.4 Å². The molecule has 0 radical (unpaired) electrons. The summed E-state index contributed by atoms with van der Waals surface area (Å²) in [4.78, 5) is 15.0. The molecule has 0 aliphatic carbocycles. The molecule has 31 heavy (non-hydrogen) atoms. The van der Waals surface area contributed by atoms with Crippen LogP contribution in [0.2, 0.25) is 0 Å². The summed E-state index contributed by atoms with van der Waals surface area (Å²) < 4.78 is 39.8. The standard InChI is InChI=1S/C23H36FN3O3S/c1-18-14-19(2)16-26(15-18)11-3-10-25-23(28)21-8-12-27(13-9-21)31(29,30)17-20-4-6-22(24)7-5-20/h4-7,18-19,21H,3,8-17H2,1-2H3,(H,25,28)/t18-,19-/m1/s1. The smallest absolute Gasteiger partial charge is 0.223 e. The minimum atomic E-state index is -3.47. The lowest BCUT2D eigenvalue weighted by atomic mass is 9.92. The van der Waals surface area contributed by atoms with Crippen molar-refractivity contribution in [1.29, 1.82) is 0 Å². The summed E-state index contributed by atoms with van der Waals surface area (Å²) in [6.07, 6.45) is 3.31. The molecular formula is C23H36FN3O3S. The third-order valence-electron chi connectivity index (χ3n) is 6.38. The van der Waals surface area contributed by atoms with Crippen LogP contribution in [0.25, 0.3) is 0 Å². The van der Waals surface area contributed by atoms with Gasteiger partial charge in [-0.3, -0.25) is 4.79 Å². The fourth-order valence-corrected chi connectivity index (χ4v) is 6.48. The quantitative estimate of drug-likeness (QED) is 0.615. The Bertz CT molecular complexity index is 813. The molecular weight excluding hydrogens is 417 g/mol. The predicted octanol–water partition coefficient (Wildman–Crippen LogP) is 2.85. The van der Waals surface area contributed by atoms with Crippen LogP contribution >= 0.6 is 0 Å². The van der Waals surface area contributed by atoms with E-state index in [0.29, 0.717) is 38.0 Å². The second-order valence-electron chi connectivity index (χ2n) is 9.41. The average Bonchev–Trinajstić information content (AvgIpc) is 2.72. The van der Waals surface area contributed by atoms with Crippen LogP contribution in [-0.2, 0) is 20.6 Å². The first-order valence-electron chi connectivity index (χ1n) is 11.5. The summed E-state index contributed by atoms with van der Waals surface area (Å²) in [6, 6.07) is 5.54. The molecule has 2 aliphatic heterocycles. The van der Waals surface area contributed by atoms with Crippen molar-refractivity contribution in [3.05, 3.63) is 35.6 Å². The highest BCUT2D eigenvalue weighted by Crippen LogP contribution is 2.23. The lowest BCUT2D eigenvalue weighted by molar-refractivity contribution is -0.126. The van der Waals surface area contributed by atoms with Crippen LogP contribution in [-0.4, -0.2) is 62.8 Å². The number of nitrogens with one attached hydrogen (secondary N) is 1. The van der Waals surface area contributed by atoms with E-state index in [0.717, 1.165) is 37.9 Å². The molecule has 1 N–H and O–H groups in total. The topological polar surface area (TPSA) is 69.7 Å². The monoisotopic (exact) mass is 453 g/mol. The van der Waals surface area contributed by atoms with Gasteiger partial charge in [0, 0.05) is 38.6 Å². The highest BCUT2D eigenvalue weighted by Gasteiger charge is 2.31. The molecule has 6 nitrogen and oxygen atoms in total. The van der Waals surface area contributed by atoms with E-state index in [4.69, 9.17) is 0 Å². The van der Waals surface area contributed by atoms with Crippen LogP contribution in [0.4, 0.5) is 4.39 Å². The van der Waals surface area contributed by atoms with E-state index in [1.54, 1.807) is 0 Å². The van der Waals surface area contributed by atoms with Gasteiger partial charge in [0.05, 0.1) is 5.75 Å². The van der Waals surface area contributed by atoms with E-state index in [9.17, 15) is 17.6 Å². The normalized spacial score (nSPS) is 24.2. The van der Waals surface area contributed by atoms with Gasteiger partial charge in [-0.25, -0.2) is 17.1 Å². The van der Waals surface area contributed by atoms with Crippen LogP contribution in [0, 0.1) is 23.6 Å². The van der Waals surface area contributed by atoms with E-state index in [1.807, 2.05) is 0 Å². The Labute approximate surface area is 186 Å². The number of halogens is 1. The number of rotatable bonds is 8. The summed E-state index contributed by atoms with van der Waals surface area (Å²) in [5.74, 6) is 0.861. The SMILES string of the molecule is C[C@@H]1C[C@@H](C)CN(CCCNC(=O)C2CCN(S(=O)(=O)Cc3ccc(F)cc3)CC2)C1. The molecule has 2 saturated heterocycles. The summed E-state index contributed by atoms with van der Waals surface area (Å²) in [5, 5.41) is 3.04. The third kappa shape index (κ3) is 7.26. The van der Waals surface area contributed by atoms with Crippen LogP contribution < -0.4 is 5.32 Å². The highest BCUT2D eigenvalue weighted by atomic mass is 32.2. The van der Waals surface area contributed by atoms with Crippen LogP contribution in [0.5, 0.6) is 0 Å². The number of hydrogen-bond acceptors (Lipinski definition) is 4. The molecule has 0 saturated carbocycles. The molecule has 2 heterocycles. The highest BCUT2D eigenvalue weighted by molar-refractivity contribution is 7.88. The van der Waals surface area contributed by atoms with Gasteiger partial charge in [-0.05, 0) is 61.8 Å². The van der Waals surface area contributed by atoms with Gasteiger partial charge in [0.1, 0.15) is 5.82 Å². The average molecular weight is 454 g/mol. The van der Waals surface area contributed by atoms with Crippen LogP contribution in [0.1, 0.15) is 45.1 Å². The summed E-state index contributed by atoms with van der Waals surface area (Å²) >= 11 is 0. The molecule has 0 aromatic heterocycles.